The van der Waals surface area contributed by atoms with E-state index in [2.05, 4.69) is 25.1 Å². The van der Waals surface area contributed by atoms with Gasteiger partial charge in [-0.15, -0.1) is 0 Å². The average molecular weight is 284 g/mol. The molecule has 0 N–H and O–H groups in total. The third kappa shape index (κ3) is 3.69. The minimum Gasteiger partial charge on any atom is -0.264 e. The number of nitrogens with zero attached hydrogens (tertiary/aromatic N) is 1. The third-order valence-corrected chi connectivity index (χ3v) is 2.44. The number of hydrogen-bond acceptors (Lipinski definition) is 4. The van der Waals surface area contributed by atoms with Gasteiger partial charge >= 0.3 is 0 Å². The van der Waals surface area contributed by atoms with Crippen molar-refractivity contribution in [1.82, 2.24) is 4.98 Å². The molecule has 0 aliphatic heterocycles. The molecule has 0 unspecified atom stereocenters. The molecule has 0 atom stereocenters. The van der Waals surface area contributed by atoms with Crippen molar-refractivity contribution in [2.24, 2.45) is 0 Å². The molecular weight excluding hydrogens is 277 g/mol. The zero-order chi connectivity index (χ0) is 10.8. The predicted octanol–water partition coefficient (Wildman–Crippen LogP) is 1.46. The van der Waals surface area contributed by atoms with Crippen LogP contribution >= 0.6 is 15.9 Å². The van der Waals surface area contributed by atoms with Crippen LogP contribution in [0.2, 0.25) is 0 Å². The Bertz CT molecular complexity index is 435. The molecule has 1 rings (SSSR count). The van der Waals surface area contributed by atoms with Crippen molar-refractivity contribution in [3.63, 3.8) is 0 Å². The highest BCUT2D eigenvalue weighted by atomic mass is 79.9. The van der Waals surface area contributed by atoms with Crippen molar-refractivity contribution in [2.45, 2.75) is 6.61 Å². The van der Waals surface area contributed by atoms with Gasteiger partial charge in [0, 0.05) is 0 Å². The van der Waals surface area contributed by atoms with Crippen LogP contribution in [0.5, 0.6) is 0 Å². The zero-order valence-electron chi connectivity index (χ0n) is 7.20. The molecular formula is C7H7BrFNO3S. The zero-order valence-corrected chi connectivity index (χ0v) is 9.60. The summed E-state index contributed by atoms with van der Waals surface area (Å²) >= 11 is 2.95. The molecule has 0 aliphatic carbocycles. The van der Waals surface area contributed by atoms with Gasteiger partial charge in [0.1, 0.15) is 6.61 Å². The average Bonchev–Trinajstić information content (AvgIpc) is 2.06. The lowest BCUT2D eigenvalue weighted by molar-refractivity contribution is 0.306. The maximum Gasteiger partial charge on any atom is 0.264 e. The van der Waals surface area contributed by atoms with E-state index in [1.54, 1.807) is 0 Å². The van der Waals surface area contributed by atoms with E-state index in [1.165, 1.54) is 6.07 Å². The van der Waals surface area contributed by atoms with Gasteiger partial charge in [-0.3, -0.25) is 9.17 Å². The van der Waals surface area contributed by atoms with Crippen LogP contribution in [0.25, 0.3) is 0 Å². The van der Waals surface area contributed by atoms with Gasteiger partial charge in [-0.25, -0.2) is 4.39 Å². The van der Waals surface area contributed by atoms with Crippen molar-refractivity contribution in [3.8, 4) is 0 Å². The maximum atomic E-state index is 12.7. The van der Waals surface area contributed by atoms with Crippen molar-refractivity contribution in [3.05, 3.63) is 28.2 Å². The fraction of sp³-hybridized carbons (Fsp3) is 0.286. The van der Waals surface area contributed by atoms with Crippen LogP contribution in [0.15, 0.2) is 16.7 Å². The van der Waals surface area contributed by atoms with Gasteiger partial charge in [0.15, 0.2) is 5.82 Å². The van der Waals surface area contributed by atoms with Crippen molar-refractivity contribution in [1.29, 1.82) is 0 Å². The topological polar surface area (TPSA) is 56.3 Å². The lowest BCUT2D eigenvalue weighted by Crippen LogP contribution is -2.04. The molecule has 0 saturated heterocycles. The van der Waals surface area contributed by atoms with E-state index in [4.69, 9.17) is 0 Å². The summed E-state index contributed by atoms with van der Waals surface area (Å²) in [5, 5.41) is 0. The Hall–Kier alpha value is -0.530. The second-order valence-electron chi connectivity index (χ2n) is 2.56. The summed E-state index contributed by atoms with van der Waals surface area (Å²) in [5.41, 5.74) is 0.337. The molecule has 14 heavy (non-hydrogen) atoms. The van der Waals surface area contributed by atoms with E-state index in [9.17, 15) is 12.8 Å². The molecule has 7 heteroatoms. The molecule has 0 aliphatic rings. The van der Waals surface area contributed by atoms with Gasteiger partial charge in [-0.1, -0.05) is 0 Å². The SMILES string of the molecule is CS(=O)(=O)OCc1cc(Br)c(F)cn1. The Morgan fingerprint density at radius 1 is 1.64 bits per heavy atom. The number of halogens is 2. The summed E-state index contributed by atoms with van der Waals surface area (Å²) in [6.07, 6.45) is 1.93. The smallest absolute Gasteiger partial charge is 0.264 e. The highest BCUT2D eigenvalue weighted by Crippen LogP contribution is 2.15. The Balaban J connectivity index is 2.74. The van der Waals surface area contributed by atoms with E-state index < -0.39 is 15.9 Å². The summed E-state index contributed by atoms with van der Waals surface area (Å²) in [7, 11) is -3.49. The first-order valence-electron chi connectivity index (χ1n) is 3.53. The van der Waals surface area contributed by atoms with E-state index in [0.717, 1.165) is 12.5 Å². The minimum absolute atomic E-state index is 0.197. The first-order valence-corrected chi connectivity index (χ1v) is 6.14. The lowest BCUT2D eigenvalue weighted by Gasteiger charge is -2.01. The van der Waals surface area contributed by atoms with Crippen molar-refractivity contribution < 1.29 is 17.0 Å². The molecule has 1 aromatic rings. The molecule has 0 bridgehead atoms. The van der Waals surface area contributed by atoms with Crippen LogP contribution in [0.3, 0.4) is 0 Å². The Morgan fingerprint density at radius 3 is 2.79 bits per heavy atom. The van der Waals surface area contributed by atoms with Crippen LogP contribution < -0.4 is 0 Å². The normalized spacial score (nSPS) is 11.6. The quantitative estimate of drug-likeness (QED) is 0.788. The monoisotopic (exact) mass is 283 g/mol. The van der Waals surface area contributed by atoms with Gasteiger partial charge in [0.2, 0.25) is 0 Å². The molecule has 0 aromatic carbocycles. The van der Waals surface area contributed by atoms with E-state index >= 15 is 0 Å². The largest absolute Gasteiger partial charge is 0.264 e. The Morgan fingerprint density at radius 2 is 2.29 bits per heavy atom. The molecule has 78 valence electrons. The highest BCUT2D eigenvalue weighted by Gasteiger charge is 2.06. The molecule has 0 amide bonds. The Labute approximate surface area is 89.4 Å². The first kappa shape index (κ1) is 11.5. The maximum absolute atomic E-state index is 12.7. The fourth-order valence-electron chi connectivity index (χ4n) is 0.700. The predicted molar refractivity (Wildman–Crippen MR) is 51.5 cm³/mol. The van der Waals surface area contributed by atoms with Gasteiger partial charge in [-0.05, 0) is 22.0 Å². The summed E-state index contributed by atoms with van der Waals surface area (Å²) in [6.45, 7) is -0.197. The standard InChI is InChI=1S/C7H7BrFNO3S/c1-14(11,12)13-4-5-2-6(8)7(9)3-10-5/h2-3H,4H2,1H3. The number of pyridine rings is 1. The molecule has 0 spiro atoms. The summed E-state index contributed by atoms with van der Waals surface area (Å²) in [5.74, 6) is -0.506. The fourth-order valence-corrected chi connectivity index (χ4v) is 1.40. The second-order valence-corrected chi connectivity index (χ2v) is 5.05. The molecule has 1 heterocycles. The van der Waals surface area contributed by atoms with Crippen LogP contribution in [0, 0.1) is 5.82 Å². The Kier molecular flexibility index (Phi) is 3.57. The number of rotatable bonds is 3. The number of aromatic nitrogens is 1. The van der Waals surface area contributed by atoms with Crippen molar-refractivity contribution in [2.75, 3.05) is 6.26 Å². The second kappa shape index (κ2) is 4.33. The summed E-state index contributed by atoms with van der Waals surface area (Å²) < 4.78 is 38.6. The van der Waals surface area contributed by atoms with E-state index in [-0.39, 0.29) is 11.1 Å². The van der Waals surface area contributed by atoms with Crippen LogP contribution in [0.1, 0.15) is 5.69 Å². The molecule has 0 radical (unpaired) electrons. The molecule has 4 nitrogen and oxygen atoms in total. The van der Waals surface area contributed by atoms with E-state index in [1.807, 2.05) is 0 Å². The summed E-state index contributed by atoms with van der Waals surface area (Å²) in [6, 6.07) is 1.36. The first-order chi connectivity index (χ1) is 6.38. The van der Waals surface area contributed by atoms with Gasteiger partial charge in [0.05, 0.1) is 22.6 Å². The van der Waals surface area contributed by atoms with Gasteiger partial charge in [0.25, 0.3) is 10.1 Å². The molecule has 0 fully saturated rings. The molecule has 0 saturated carbocycles. The van der Waals surface area contributed by atoms with Crippen LogP contribution in [0.4, 0.5) is 4.39 Å². The summed E-state index contributed by atoms with van der Waals surface area (Å²) in [4.78, 5) is 3.65. The van der Waals surface area contributed by atoms with Crippen LogP contribution in [-0.2, 0) is 20.9 Å². The van der Waals surface area contributed by atoms with Gasteiger partial charge in [-0.2, -0.15) is 8.42 Å². The van der Waals surface area contributed by atoms with Gasteiger partial charge < -0.3 is 0 Å². The molecule has 1 aromatic heterocycles. The minimum atomic E-state index is -3.49. The lowest BCUT2D eigenvalue weighted by atomic mass is 10.4. The third-order valence-electron chi connectivity index (χ3n) is 1.29. The van der Waals surface area contributed by atoms with Crippen molar-refractivity contribution >= 4 is 26.0 Å². The number of hydrogen-bond donors (Lipinski definition) is 0. The van der Waals surface area contributed by atoms with Crippen LogP contribution in [-0.4, -0.2) is 19.7 Å². The highest BCUT2D eigenvalue weighted by molar-refractivity contribution is 9.10. The van der Waals surface area contributed by atoms with E-state index in [0.29, 0.717) is 5.69 Å².